The number of pyridine rings is 1. The van der Waals surface area contributed by atoms with Crippen molar-refractivity contribution in [3.05, 3.63) is 28.2 Å². The van der Waals surface area contributed by atoms with Gasteiger partial charge >= 0.3 is 0 Å². The molecule has 0 aromatic carbocycles. The topological polar surface area (TPSA) is 69.6 Å². The van der Waals surface area contributed by atoms with Gasteiger partial charge in [0.05, 0.1) is 12.1 Å². The molecule has 0 atom stereocenters. The summed E-state index contributed by atoms with van der Waals surface area (Å²) in [6.07, 6.45) is 5.11. The quantitative estimate of drug-likeness (QED) is 0.852. The lowest BCUT2D eigenvalue weighted by Crippen LogP contribution is -2.58. The Hall–Kier alpha value is -1.82. The van der Waals surface area contributed by atoms with E-state index in [1.807, 2.05) is 4.57 Å². The number of carbonyl (C=O) groups is 1. The molecule has 1 spiro atoms. The van der Waals surface area contributed by atoms with Crippen LogP contribution in [0, 0.1) is 0 Å². The summed E-state index contributed by atoms with van der Waals surface area (Å²) in [6.45, 7) is 4.46. The fraction of sp³-hybridized carbons (Fsp3) is 0.625. The van der Waals surface area contributed by atoms with Crippen molar-refractivity contribution in [1.29, 1.82) is 0 Å². The highest BCUT2D eigenvalue weighted by Gasteiger charge is 2.40. The first-order valence-electron chi connectivity index (χ1n) is 7.92. The van der Waals surface area contributed by atoms with Gasteiger partial charge in [0.25, 0.3) is 5.91 Å². The number of unbranched alkanes of at least 4 members (excludes halogenated alkanes) is 1. The third-order valence-electron chi connectivity index (χ3n) is 4.39. The van der Waals surface area contributed by atoms with Crippen molar-refractivity contribution in [3.8, 4) is 5.75 Å². The summed E-state index contributed by atoms with van der Waals surface area (Å²) >= 11 is 0. The summed E-state index contributed by atoms with van der Waals surface area (Å²) in [5, 5.41) is 3.09. The zero-order chi connectivity index (χ0) is 15.6. The van der Waals surface area contributed by atoms with Crippen LogP contribution in [-0.4, -0.2) is 35.8 Å². The number of ether oxygens (including phenoxy) is 2. The number of nitrogens with zero attached hydrogens (tertiary/aromatic N) is 1. The van der Waals surface area contributed by atoms with Crippen LogP contribution in [0.5, 0.6) is 5.75 Å². The van der Waals surface area contributed by atoms with Gasteiger partial charge in [0.15, 0.2) is 11.4 Å². The van der Waals surface area contributed by atoms with Gasteiger partial charge in [0.2, 0.25) is 5.43 Å². The standard InChI is InChI=1S/C16H22N2O4/c1-2-3-8-22-14-12(19)4-7-18-11-16(5-9-21-10-6-16)17-15(20)13(14)18/h4,7H,2-3,5-6,8-11H2,1H3,(H,17,20). The number of amides is 1. The molecule has 2 aliphatic heterocycles. The molecule has 0 bridgehead atoms. The zero-order valence-corrected chi connectivity index (χ0v) is 12.9. The van der Waals surface area contributed by atoms with Gasteiger partial charge in [-0.2, -0.15) is 0 Å². The predicted molar refractivity (Wildman–Crippen MR) is 81.4 cm³/mol. The summed E-state index contributed by atoms with van der Waals surface area (Å²) in [4.78, 5) is 24.6. The smallest absolute Gasteiger partial charge is 0.272 e. The number of nitrogens with one attached hydrogen (secondary N) is 1. The van der Waals surface area contributed by atoms with Gasteiger partial charge in [-0.15, -0.1) is 0 Å². The van der Waals surface area contributed by atoms with Gasteiger partial charge in [-0.1, -0.05) is 13.3 Å². The van der Waals surface area contributed by atoms with Crippen LogP contribution in [-0.2, 0) is 11.3 Å². The molecule has 1 N–H and O–H groups in total. The highest BCUT2D eigenvalue weighted by atomic mass is 16.5. The van der Waals surface area contributed by atoms with Gasteiger partial charge < -0.3 is 19.4 Å². The van der Waals surface area contributed by atoms with E-state index in [-0.39, 0.29) is 22.6 Å². The molecule has 0 unspecified atom stereocenters. The van der Waals surface area contributed by atoms with Crippen LogP contribution in [0.2, 0.25) is 0 Å². The van der Waals surface area contributed by atoms with E-state index in [9.17, 15) is 9.59 Å². The second kappa shape index (κ2) is 6.12. The van der Waals surface area contributed by atoms with E-state index in [2.05, 4.69) is 12.2 Å². The second-order valence-corrected chi connectivity index (χ2v) is 6.03. The average molecular weight is 306 g/mol. The molecule has 3 rings (SSSR count). The molecule has 1 aromatic heterocycles. The van der Waals surface area contributed by atoms with E-state index in [1.54, 1.807) is 6.20 Å². The van der Waals surface area contributed by atoms with Crippen LogP contribution in [0.3, 0.4) is 0 Å². The Labute approximate surface area is 129 Å². The minimum Gasteiger partial charge on any atom is -0.487 e. The number of hydrogen-bond acceptors (Lipinski definition) is 4. The first kappa shape index (κ1) is 15.1. The Morgan fingerprint density at radius 1 is 1.36 bits per heavy atom. The molecule has 0 aliphatic carbocycles. The lowest BCUT2D eigenvalue weighted by Gasteiger charge is -2.42. The largest absolute Gasteiger partial charge is 0.487 e. The Morgan fingerprint density at radius 3 is 2.86 bits per heavy atom. The van der Waals surface area contributed by atoms with E-state index in [4.69, 9.17) is 9.47 Å². The number of rotatable bonds is 4. The van der Waals surface area contributed by atoms with Crippen LogP contribution >= 0.6 is 0 Å². The van der Waals surface area contributed by atoms with Crippen molar-refractivity contribution in [3.63, 3.8) is 0 Å². The highest BCUT2D eigenvalue weighted by molar-refractivity contribution is 5.96. The van der Waals surface area contributed by atoms with Crippen LogP contribution in [0.1, 0.15) is 43.1 Å². The number of fused-ring (bicyclic) bond motifs is 1. The van der Waals surface area contributed by atoms with E-state index in [0.717, 1.165) is 25.7 Å². The van der Waals surface area contributed by atoms with Gasteiger partial charge in [-0.05, 0) is 19.3 Å². The Morgan fingerprint density at radius 2 is 2.14 bits per heavy atom. The van der Waals surface area contributed by atoms with E-state index in [1.165, 1.54) is 6.07 Å². The van der Waals surface area contributed by atoms with E-state index in [0.29, 0.717) is 32.1 Å². The minimum atomic E-state index is -0.266. The Kier molecular flexibility index (Phi) is 4.20. The van der Waals surface area contributed by atoms with Gasteiger partial charge in [0, 0.05) is 32.0 Å². The summed E-state index contributed by atoms with van der Waals surface area (Å²) in [7, 11) is 0. The normalized spacial score (nSPS) is 19.6. The van der Waals surface area contributed by atoms with Crippen LogP contribution < -0.4 is 15.5 Å². The van der Waals surface area contributed by atoms with Crippen molar-refractivity contribution in [2.24, 2.45) is 0 Å². The molecule has 6 nitrogen and oxygen atoms in total. The van der Waals surface area contributed by atoms with Crippen LogP contribution in [0.25, 0.3) is 0 Å². The van der Waals surface area contributed by atoms with Gasteiger partial charge in [-0.3, -0.25) is 9.59 Å². The average Bonchev–Trinajstić information content (AvgIpc) is 2.50. The third kappa shape index (κ3) is 2.75. The Bertz CT molecular complexity index is 617. The molecule has 1 amide bonds. The van der Waals surface area contributed by atoms with Gasteiger partial charge in [0.1, 0.15) is 0 Å². The fourth-order valence-corrected chi connectivity index (χ4v) is 3.09. The van der Waals surface area contributed by atoms with Crippen molar-refractivity contribution in [1.82, 2.24) is 9.88 Å². The summed E-state index contributed by atoms with van der Waals surface area (Å²) in [6, 6.07) is 1.48. The Balaban J connectivity index is 1.92. The summed E-state index contributed by atoms with van der Waals surface area (Å²) in [5.41, 5.74) is -0.154. The summed E-state index contributed by atoms with van der Waals surface area (Å²) in [5.74, 6) is -0.0484. The van der Waals surface area contributed by atoms with Crippen molar-refractivity contribution in [2.75, 3.05) is 19.8 Å². The first-order valence-corrected chi connectivity index (χ1v) is 7.92. The maximum absolute atomic E-state index is 12.6. The molecular formula is C16H22N2O4. The van der Waals surface area contributed by atoms with Crippen LogP contribution in [0.4, 0.5) is 0 Å². The molecule has 120 valence electrons. The maximum atomic E-state index is 12.6. The van der Waals surface area contributed by atoms with Crippen molar-refractivity contribution >= 4 is 5.91 Å². The lowest BCUT2D eigenvalue weighted by atomic mass is 9.87. The molecule has 22 heavy (non-hydrogen) atoms. The summed E-state index contributed by atoms with van der Waals surface area (Å²) < 4.78 is 12.9. The number of carbonyl (C=O) groups excluding carboxylic acids is 1. The molecule has 0 radical (unpaired) electrons. The van der Waals surface area contributed by atoms with Crippen LogP contribution in [0.15, 0.2) is 17.1 Å². The van der Waals surface area contributed by atoms with Crippen molar-refractivity contribution < 1.29 is 14.3 Å². The highest BCUT2D eigenvalue weighted by Crippen LogP contribution is 2.29. The number of hydrogen-bond donors (Lipinski definition) is 1. The number of aromatic nitrogens is 1. The molecule has 2 aliphatic rings. The molecule has 6 heteroatoms. The fourth-order valence-electron chi connectivity index (χ4n) is 3.09. The first-order chi connectivity index (χ1) is 10.7. The minimum absolute atomic E-state index is 0.176. The van der Waals surface area contributed by atoms with Gasteiger partial charge in [-0.25, -0.2) is 0 Å². The van der Waals surface area contributed by atoms with E-state index < -0.39 is 0 Å². The molecule has 1 saturated heterocycles. The van der Waals surface area contributed by atoms with E-state index >= 15 is 0 Å². The van der Waals surface area contributed by atoms with Crippen molar-refractivity contribution in [2.45, 2.75) is 44.7 Å². The zero-order valence-electron chi connectivity index (χ0n) is 12.9. The molecule has 0 saturated carbocycles. The molecule has 1 aromatic rings. The third-order valence-corrected chi connectivity index (χ3v) is 4.39. The monoisotopic (exact) mass is 306 g/mol. The maximum Gasteiger partial charge on any atom is 0.272 e. The predicted octanol–water partition coefficient (Wildman–Crippen LogP) is 1.32. The molecular weight excluding hydrogens is 284 g/mol. The molecule has 3 heterocycles. The molecule has 1 fully saturated rings. The lowest BCUT2D eigenvalue weighted by molar-refractivity contribution is 0.0239. The second-order valence-electron chi connectivity index (χ2n) is 6.03. The SMILES string of the molecule is CCCCOc1c2n(ccc1=O)CC1(CCOCC1)NC2=O.